The minimum atomic E-state index is -0.632. The molecular formula is C26H37N9O2S. The summed E-state index contributed by atoms with van der Waals surface area (Å²) in [5, 5.41) is 8.52. The minimum Gasteiger partial charge on any atom is -0.365 e. The average molecular weight is 540 g/mol. The van der Waals surface area contributed by atoms with Crippen LogP contribution in [0.2, 0.25) is 0 Å². The molecule has 38 heavy (non-hydrogen) atoms. The van der Waals surface area contributed by atoms with Gasteiger partial charge < -0.3 is 19.6 Å². The molecule has 2 atom stereocenters. The van der Waals surface area contributed by atoms with Gasteiger partial charge in [0.2, 0.25) is 5.95 Å². The highest BCUT2D eigenvalue weighted by atomic mass is 32.1. The molecule has 3 aliphatic rings. The highest BCUT2D eigenvalue weighted by Gasteiger charge is 2.32. The van der Waals surface area contributed by atoms with Crippen LogP contribution in [-0.2, 0) is 17.9 Å². The number of hydrogen-bond donors (Lipinski definition) is 3. The van der Waals surface area contributed by atoms with E-state index in [0.29, 0.717) is 29.9 Å². The Labute approximate surface area is 226 Å². The number of carbonyl (C=O) groups excluding carboxylic acids is 1. The van der Waals surface area contributed by atoms with Crippen LogP contribution in [0.4, 0.5) is 16.6 Å². The second-order valence-electron chi connectivity index (χ2n) is 11.3. The molecule has 2 aliphatic carbocycles. The van der Waals surface area contributed by atoms with Gasteiger partial charge in [0.1, 0.15) is 5.52 Å². The van der Waals surface area contributed by atoms with Gasteiger partial charge in [0.05, 0.1) is 17.7 Å². The summed E-state index contributed by atoms with van der Waals surface area (Å²) in [4.78, 5) is 38.1. The van der Waals surface area contributed by atoms with Crippen molar-refractivity contribution in [2.45, 2.75) is 84.1 Å². The lowest BCUT2D eigenvalue weighted by Gasteiger charge is -2.32. The van der Waals surface area contributed by atoms with Gasteiger partial charge in [-0.1, -0.05) is 26.2 Å². The number of hydroxylamine groups is 1. The maximum atomic E-state index is 11.7. The third-order valence-corrected chi connectivity index (χ3v) is 9.05. The summed E-state index contributed by atoms with van der Waals surface area (Å²) >= 11 is 1.60. The topological polar surface area (TPSA) is 122 Å². The quantitative estimate of drug-likeness (QED) is 0.358. The Balaban J connectivity index is 1.43. The SMILES string of the molecule is CC1CCC(Cn2c(N(C)Cc3cscn3)nc3nc(C4NOC(=O)N4)nc(N[C@H](C)C4CCC4)c32)CC1. The molecule has 0 bridgehead atoms. The molecule has 6 rings (SSSR count). The van der Waals surface area contributed by atoms with Crippen LogP contribution >= 0.6 is 11.3 Å². The second-order valence-corrected chi connectivity index (χ2v) is 12.0. The molecule has 11 nitrogen and oxygen atoms in total. The van der Waals surface area contributed by atoms with Crippen LogP contribution in [0.25, 0.3) is 11.2 Å². The first-order valence-corrected chi connectivity index (χ1v) is 14.7. The molecule has 1 unspecified atom stereocenters. The van der Waals surface area contributed by atoms with Gasteiger partial charge in [-0.05, 0) is 50.4 Å². The fourth-order valence-corrected chi connectivity index (χ4v) is 6.36. The van der Waals surface area contributed by atoms with Crippen LogP contribution in [0.15, 0.2) is 10.9 Å². The van der Waals surface area contributed by atoms with Crippen molar-refractivity contribution in [2.24, 2.45) is 17.8 Å². The number of anilines is 2. The van der Waals surface area contributed by atoms with Crippen molar-refractivity contribution in [3.05, 3.63) is 22.4 Å². The van der Waals surface area contributed by atoms with Gasteiger partial charge in [-0.2, -0.15) is 4.98 Å². The summed E-state index contributed by atoms with van der Waals surface area (Å²) < 4.78 is 2.32. The van der Waals surface area contributed by atoms with E-state index in [-0.39, 0.29) is 6.04 Å². The Bertz CT molecular complexity index is 1270. The molecule has 0 spiro atoms. The van der Waals surface area contributed by atoms with Gasteiger partial charge in [-0.3, -0.25) is 5.32 Å². The van der Waals surface area contributed by atoms with Crippen LogP contribution in [0.1, 0.15) is 76.5 Å². The Morgan fingerprint density at radius 2 is 2.03 bits per heavy atom. The van der Waals surface area contributed by atoms with Crippen molar-refractivity contribution in [2.75, 3.05) is 17.3 Å². The molecule has 3 fully saturated rings. The highest BCUT2D eigenvalue weighted by Crippen LogP contribution is 2.36. The Morgan fingerprint density at radius 3 is 2.68 bits per heavy atom. The summed E-state index contributed by atoms with van der Waals surface area (Å²) in [6.07, 6.45) is 7.51. The van der Waals surface area contributed by atoms with Gasteiger partial charge in [0, 0.05) is 25.0 Å². The zero-order chi connectivity index (χ0) is 26.2. The maximum Gasteiger partial charge on any atom is 0.427 e. The fraction of sp³-hybridized carbons (Fsp3) is 0.654. The molecule has 0 radical (unpaired) electrons. The van der Waals surface area contributed by atoms with Crippen molar-refractivity contribution in [3.63, 3.8) is 0 Å². The van der Waals surface area contributed by atoms with Crippen molar-refractivity contribution >= 4 is 40.4 Å². The van der Waals surface area contributed by atoms with Crippen molar-refractivity contribution < 1.29 is 9.63 Å². The number of amides is 1. The van der Waals surface area contributed by atoms with E-state index in [1.807, 2.05) is 5.51 Å². The number of aromatic nitrogens is 5. The van der Waals surface area contributed by atoms with E-state index in [9.17, 15) is 4.79 Å². The van der Waals surface area contributed by atoms with Crippen LogP contribution in [0.3, 0.4) is 0 Å². The smallest absolute Gasteiger partial charge is 0.365 e. The first-order chi connectivity index (χ1) is 18.4. The number of nitrogens with zero attached hydrogens (tertiary/aromatic N) is 6. The zero-order valence-electron chi connectivity index (χ0n) is 22.3. The summed E-state index contributed by atoms with van der Waals surface area (Å²) in [5.41, 5.74) is 7.11. The summed E-state index contributed by atoms with van der Waals surface area (Å²) in [5.74, 6) is 4.04. The summed E-state index contributed by atoms with van der Waals surface area (Å²) in [7, 11) is 2.06. The van der Waals surface area contributed by atoms with E-state index >= 15 is 0 Å². The molecule has 204 valence electrons. The van der Waals surface area contributed by atoms with E-state index in [0.717, 1.165) is 35.4 Å². The summed E-state index contributed by atoms with van der Waals surface area (Å²) in [6.45, 7) is 6.12. The number of fused-ring (bicyclic) bond motifs is 1. The van der Waals surface area contributed by atoms with Gasteiger partial charge in [0.15, 0.2) is 23.5 Å². The van der Waals surface area contributed by atoms with Gasteiger partial charge in [0.25, 0.3) is 0 Å². The summed E-state index contributed by atoms with van der Waals surface area (Å²) in [6, 6.07) is 0.271. The molecule has 3 aromatic heterocycles. The average Bonchev–Trinajstić information content (AvgIpc) is 3.60. The lowest BCUT2D eigenvalue weighted by molar-refractivity contribution is 0.120. The molecule has 3 aromatic rings. The van der Waals surface area contributed by atoms with Crippen molar-refractivity contribution in [1.82, 2.24) is 35.3 Å². The third kappa shape index (κ3) is 5.15. The van der Waals surface area contributed by atoms with Gasteiger partial charge in [-0.25, -0.2) is 19.7 Å². The van der Waals surface area contributed by atoms with Crippen LogP contribution in [0, 0.1) is 17.8 Å². The van der Waals surface area contributed by atoms with Crippen molar-refractivity contribution in [3.8, 4) is 0 Å². The molecule has 1 saturated heterocycles. The monoisotopic (exact) mass is 539 g/mol. The number of thiazole rings is 1. The van der Waals surface area contributed by atoms with E-state index in [2.05, 4.69) is 56.8 Å². The lowest BCUT2D eigenvalue weighted by atomic mass is 9.80. The molecule has 0 aromatic carbocycles. The second kappa shape index (κ2) is 10.6. The predicted molar refractivity (Wildman–Crippen MR) is 147 cm³/mol. The maximum absolute atomic E-state index is 11.7. The first kappa shape index (κ1) is 25.3. The zero-order valence-corrected chi connectivity index (χ0v) is 23.1. The number of carbonyl (C=O) groups is 1. The van der Waals surface area contributed by atoms with E-state index in [1.165, 1.54) is 44.9 Å². The standard InChI is InChI=1S/C26H37N9O2S/c1-15-7-9-17(10-8-15)11-35-20-21(28-16(2)18-5-4-6-18)29-23(24-32-26(36)37-33-24)30-22(20)31-25(35)34(3)12-19-13-38-14-27-19/h13-18,24,33H,4-12H2,1-3H3,(H,32,36)(H,28,29,30)/t15?,16-,17?,24?/m1/s1. The lowest BCUT2D eigenvalue weighted by Crippen LogP contribution is -2.32. The molecule has 2 saturated carbocycles. The fourth-order valence-electron chi connectivity index (χ4n) is 5.81. The van der Waals surface area contributed by atoms with E-state index in [4.69, 9.17) is 19.8 Å². The Kier molecular flexibility index (Phi) is 7.08. The van der Waals surface area contributed by atoms with Gasteiger partial charge >= 0.3 is 6.09 Å². The number of hydrogen-bond acceptors (Lipinski definition) is 10. The number of rotatable bonds is 9. The molecule has 1 amide bonds. The van der Waals surface area contributed by atoms with Gasteiger partial charge in [-0.15, -0.1) is 16.8 Å². The largest absolute Gasteiger partial charge is 0.427 e. The van der Waals surface area contributed by atoms with E-state index < -0.39 is 12.3 Å². The minimum absolute atomic E-state index is 0.271. The molecule has 3 N–H and O–H groups in total. The Hall–Kier alpha value is -2.99. The van der Waals surface area contributed by atoms with E-state index in [1.54, 1.807) is 11.3 Å². The third-order valence-electron chi connectivity index (χ3n) is 8.41. The highest BCUT2D eigenvalue weighted by molar-refractivity contribution is 7.07. The normalized spacial score (nSPS) is 24.6. The van der Waals surface area contributed by atoms with Crippen LogP contribution in [-0.4, -0.2) is 43.7 Å². The molecule has 4 heterocycles. The predicted octanol–water partition coefficient (Wildman–Crippen LogP) is 4.59. The molecule has 1 aliphatic heterocycles. The number of imidazole rings is 1. The van der Waals surface area contributed by atoms with Crippen LogP contribution in [0.5, 0.6) is 0 Å². The van der Waals surface area contributed by atoms with Crippen molar-refractivity contribution in [1.29, 1.82) is 0 Å². The number of nitrogens with one attached hydrogen (secondary N) is 3. The Morgan fingerprint density at radius 1 is 1.21 bits per heavy atom. The molecular weight excluding hydrogens is 502 g/mol. The first-order valence-electron chi connectivity index (χ1n) is 13.8. The van der Waals surface area contributed by atoms with Crippen LogP contribution < -0.4 is 21.0 Å². The molecule has 12 heteroatoms.